The summed E-state index contributed by atoms with van der Waals surface area (Å²) in [5.41, 5.74) is 1.19. The predicted octanol–water partition coefficient (Wildman–Crippen LogP) is 4.62. The van der Waals surface area contributed by atoms with E-state index in [0.29, 0.717) is 10.0 Å². The van der Waals surface area contributed by atoms with E-state index < -0.39 is 5.97 Å². The third kappa shape index (κ3) is 3.15. The molecule has 4 nitrogen and oxygen atoms in total. The molecule has 1 atom stereocenters. The molecule has 1 N–H and O–H groups in total. The molecule has 2 heterocycles. The second-order valence-electron chi connectivity index (χ2n) is 4.49. The van der Waals surface area contributed by atoms with Gasteiger partial charge in [0.05, 0.1) is 10.6 Å². The van der Waals surface area contributed by atoms with E-state index in [1.54, 1.807) is 24.5 Å². The number of carboxylic acid groups (broad SMARTS) is 1. The molecule has 0 bridgehead atoms. The van der Waals surface area contributed by atoms with Gasteiger partial charge in [-0.05, 0) is 17.7 Å². The van der Waals surface area contributed by atoms with Crippen molar-refractivity contribution >= 4 is 58.4 Å². The smallest absolute Gasteiger partial charge is 0.354 e. The molecule has 0 saturated carbocycles. The van der Waals surface area contributed by atoms with E-state index in [1.165, 1.54) is 34.4 Å². The van der Waals surface area contributed by atoms with Crippen LogP contribution in [0.2, 0.25) is 10.0 Å². The number of halogens is 2. The zero-order valence-electron chi connectivity index (χ0n) is 11.1. The maximum atomic E-state index is 11.6. The topological polar surface area (TPSA) is 55.1 Å². The SMILES string of the molecule is O=C(O)/C(=C1/SC[C@@H](c2ccc(Cl)cc2Cl)S1)n1ccnc1. The number of aromatic nitrogens is 2. The molecule has 114 valence electrons. The molecule has 0 aliphatic carbocycles. The number of nitrogens with zero attached hydrogens (tertiary/aromatic N) is 2. The number of carbonyl (C=O) groups is 1. The van der Waals surface area contributed by atoms with Crippen molar-refractivity contribution in [1.82, 2.24) is 9.55 Å². The van der Waals surface area contributed by atoms with Crippen molar-refractivity contribution in [2.75, 3.05) is 5.75 Å². The summed E-state index contributed by atoms with van der Waals surface area (Å²) >= 11 is 15.2. The Morgan fingerprint density at radius 1 is 1.41 bits per heavy atom. The van der Waals surface area contributed by atoms with Crippen LogP contribution in [0.1, 0.15) is 10.8 Å². The highest BCUT2D eigenvalue weighted by molar-refractivity contribution is 8.25. The summed E-state index contributed by atoms with van der Waals surface area (Å²) in [4.78, 5) is 15.5. The summed E-state index contributed by atoms with van der Waals surface area (Å²) in [5, 5.41) is 10.8. The molecule has 1 aliphatic heterocycles. The minimum Gasteiger partial charge on any atom is -0.477 e. The van der Waals surface area contributed by atoms with Gasteiger partial charge < -0.3 is 5.11 Å². The lowest BCUT2D eigenvalue weighted by Crippen LogP contribution is -2.07. The van der Waals surface area contributed by atoms with Gasteiger partial charge in [-0.25, -0.2) is 9.78 Å². The highest BCUT2D eigenvalue weighted by atomic mass is 35.5. The van der Waals surface area contributed by atoms with Crippen LogP contribution in [-0.4, -0.2) is 26.4 Å². The predicted molar refractivity (Wildman–Crippen MR) is 92.3 cm³/mol. The lowest BCUT2D eigenvalue weighted by Gasteiger charge is -2.11. The van der Waals surface area contributed by atoms with Crippen molar-refractivity contribution in [3.63, 3.8) is 0 Å². The Morgan fingerprint density at radius 3 is 2.86 bits per heavy atom. The first-order valence-corrected chi connectivity index (χ1v) is 8.88. The molecule has 1 saturated heterocycles. The van der Waals surface area contributed by atoms with E-state index in [1.807, 2.05) is 6.07 Å². The minimum atomic E-state index is -0.976. The Labute approximate surface area is 145 Å². The molecular weight excluding hydrogens is 363 g/mol. The fourth-order valence-corrected chi connectivity index (χ4v) is 5.70. The second kappa shape index (κ2) is 6.58. The van der Waals surface area contributed by atoms with Crippen LogP contribution in [0.25, 0.3) is 5.70 Å². The summed E-state index contributed by atoms with van der Waals surface area (Å²) in [5.74, 6) is -0.219. The molecule has 0 spiro atoms. The van der Waals surface area contributed by atoms with Gasteiger partial charge in [0, 0.05) is 33.4 Å². The molecule has 3 rings (SSSR count). The maximum absolute atomic E-state index is 11.6. The van der Waals surface area contributed by atoms with E-state index in [4.69, 9.17) is 23.2 Å². The fourth-order valence-electron chi connectivity index (χ4n) is 2.08. The lowest BCUT2D eigenvalue weighted by atomic mass is 10.2. The first kappa shape index (κ1) is 15.8. The Bertz CT molecular complexity index is 747. The number of hydrogen-bond acceptors (Lipinski definition) is 4. The molecule has 1 aromatic carbocycles. The average molecular weight is 373 g/mol. The van der Waals surface area contributed by atoms with Gasteiger partial charge in [-0.2, -0.15) is 0 Å². The average Bonchev–Trinajstić information content (AvgIpc) is 3.11. The lowest BCUT2D eigenvalue weighted by molar-refractivity contribution is -0.130. The van der Waals surface area contributed by atoms with E-state index in [2.05, 4.69) is 4.98 Å². The van der Waals surface area contributed by atoms with Crippen LogP contribution in [0.3, 0.4) is 0 Å². The quantitative estimate of drug-likeness (QED) is 0.796. The Balaban J connectivity index is 1.93. The molecule has 1 aromatic heterocycles. The Morgan fingerprint density at radius 2 is 2.23 bits per heavy atom. The van der Waals surface area contributed by atoms with E-state index in [9.17, 15) is 9.90 Å². The molecule has 1 fully saturated rings. The molecule has 0 amide bonds. The molecule has 2 aromatic rings. The monoisotopic (exact) mass is 372 g/mol. The number of aliphatic carboxylic acids is 1. The van der Waals surface area contributed by atoms with Crippen LogP contribution in [0.15, 0.2) is 41.2 Å². The number of imidazole rings is 1. The second-order valence-corrected chi connectivity index (χ2v) is 7.84. The van der Waals surface area contributed by atoms with Gasteiger partial charge in [0.1, 0.15) is 0 Å². The molecule has 8 heteroatoms. The van der Waals surface area contributed by atoms with E-state index >= 15 is 0 Å². The highest BCUT2D eigenvalue weighted by Crippen LogP contribution is 2.53. The summed E-state index contributed by atoms with van der Waals surface area (Å²) in [6, 6.07) is 5.40. The van der Waals surface area contributed by atoms with Crippen LogP contribution < -0.4 is 0 Å². The molecule has 22 heavy (non-hydrogen) atoms. The van der Waals surface area contributed by atoms with Gasteiger partial charge in [0.15, 0.2) is 5.70 Å². The molecule has 0 unspecified atom stereocenters. The third-order valence-corrected chi connectivity index (χ3v) is 6.57. The number of benzene rings is 1. The van der Waals surface area contributed by atoms with Crippen molar-refractivity contribution in [2.45, 2.75) is 5.25 Å². The van der Waals surface area contributed by atoms with Gasteiger partial charge in [0.25, 0.3) is 0 Å². The van der Waals surface area contributed by atoms with Gasteiger partial charge in [0.2, 0.25) is 0 Å². The zero-order valence-corrected chi connectivity index (χ0v) is 14.2. The first-order chi connectivity index (χ1) is 10.6. The molecule has 1 aliphatic rings. The zero-order chi connectivity index (χ0) is 15.7. The number of rotatable bonds is 3. The van der Waals surface area contributed by atoms with E-state index in [-0.39, 0.29) is 10.9 Å². The summed E-state index contributed by atoms with van der Waals surface area (Å²) in [6.45, 7) is 0. The van der Waals surface area contributed by atoms with Crippen molar-refractivity contribution in [1.29, 1.82) is 0 Å². The van der Waals surface area contributed by atoms with Gasteiger partial charge in [-0.15, -0.1) is 23.5 Å². The number of carboxylic acids is 1. The van der Waals surface area contributed by atoms with Crippen molar-refractivity contribution in [3.8, 4) is 0 Å². The molecule has 0 radical (unpaired) electrons. The summed E-state index contributed by atoms with van der Waals surface area (Å²) in [6.07, 6.45) is 4.67. The van der Waals surface area contributed by atoms with Crippen LogP contribution in [0.5, 0.6) is 0 Å². The van der Waals surface area contributed by atoms with Gasteiger partial charge >= 0.3 is 5.97 Å². The third-order valence-electron chi connectivity index (χ3n) is 3.08. The summed E-state index contributed by atoms with van der Waals surface area (Å²) < 4.78 is 2.27. The number of thioether (sulfide) groups is 2. The van der Waals surface area contributed by atoms with Gasteiger partial charge in [-0.1, -0.05) is 29.3 Å². The van der Waals surface area contributed by atoms with Crippen LogP contribution >= 0.6 is 46.7 Å². The van der Waals surface area contributed by atoms with Crippen molar-refractivity contribution < 1.29 is 9.90 Å². The largest absolute Gasteiger partial charge is 0.477 e. The highest BCUT2D eigenvalue weighted by Gasteiger charge is 2.29. The molecular formula is C14H10Cl2N2O2S2. The Kier molecular flexibility index (Phi) is 4.73. The fraction of sp³-hybridized carbons (Fsp3) is 0.143. The van der Waals surface area contributed by atoms with Crippen LogP contribution in [-0.2, 0) is 4.79 Å². The Hall–Kier alpha value is -1.08. The van der Waals surface area contributed by atoms with Crippen LogP contribution in [0, 0.1) is 0 Å². The number of hydrogen-bond donors (Lipinski definition) is 1. The summed E-state index contributed by atoms with van der Waals surface area (Å²) in [7, 11) is 0. The maximum Gasteiger partial charge on any atom is 0.354 e. The van der Waals surface area contributed by atoms with Crippen LogP contribution in [0.4, 0.5) is 0 Å². The minimum absolute atomic E-state index is 0.0997. The first-order valence-electron chi connectivity index (χ1n) is 6.26. The normalized spacial score (nSPS) is 20.2. The standard InChI is InChI=1S/C14H10Cl2N2O2S2/c15-8-1-2-9(10(16)5-8)11-6-21-14(22-11)12(13(19)20)18-4-3-17-7-18/h1-5,7,11H,6H2,(H,19,20)/b14-12+/t11-/m0/s1. The van der Waals surface area contributed by atoms with Crippen molar-refractivity contribution in [2.24, 2.45) is 0 Å². The van der Waals surface area contributed by atoms with Crippen molar-refractivity contribution in [3.05, 3.63) is 56.8 Å². The van der Waals surface area contributed by atoms with E-state index in [0.717, 1.165) is 15.6 Å². The van der Waals surface area contributed by atoms with Gasteiger partial charge in [-0.3, -0.25) is 4.57 Å².